The summed E-state index contributed by atoms with van der Waals surface area (Å²) in [5.41, 5.74) is -0.419. The number of amides is 1. The fraction of sp³-hybridized carbons (Fsp3) is 0.974. The summed E-state index contributed by atoms with van der Waals surface area (Å²) in [5.74, 6) is 0. The molecule has 1 unspecified atom stereocenters. The standard InChI is InChI=1S/C39H79NO6/c1-5-7-9-11-13-15-17-19-21-23-25-27-32-43-35-37(36-45-38(42)40-30-34-46-39(3,4)29-31-41)44-33-28-26-24-22-20-18-16-14-12-10-8-6-2/h37,41H,5-36H2,1-4H3,(H,40,42). The number of carbonyl (C=O) groups is 1. The fourth-order valence-corrected chi connectivity index (χ4v) is 5.64. The highest BCUT2D eigenvalue weighted by Crippen LogP contribution is 2.14. The molecule has 0 bridgehead atoms. The van der Waals surface area contributed by atoms with E-state index in [0.29, 0.717) is 32.8 Å². The summed E-state index contributed by atoms with van der Waals surface area (Å²) in [6, 6.07) is 0. The van der Waals surface area contributed by atoms with Gasteiger partial charge in [0.1, 0.15) is 12.7 Å². The predicted molar refractivity (Wildman–Crippen MR) is 194 cm³/mol. The van der Waals surface area contributed by atoms with E-state index in [4.69, 9.17) is 24.1 Å². The molecule has 1 atom stereocenters. The van der Waals surface area contributed by atoms with Crippen LogP contribution in [0.2, 0.25) is 0 Å². The first-order chi connectivity index (χ1) is 22.4. The van der Waals surface area contributed by atoms with Crippen LogP contribution in [0.4, 0.5) is 4.79 Å². The zero-order valence-electron chi connectivity index (χ0n) is 31.2. The summed E-state index contributed by atoms with van der Waals surface area (Å²) < 4.78 is 23.3. The number of ether oxygens (including phenoxy) is 4. The molecule has 0 heterocycles. The maximum atomic E-state index is 12.3. The van der Waals surface area contributed by atoms with Gasteiger partial charge >= 0.3 is 6.09 Å². The number of hydrogen-bond acceptors (Lipinski definition) is 6. The molecule has 0 aromatic carbocycles. The van der Waals surface area contributed by atoms with Gasteiger partial charge in [-0.15, -0.1) is 0 Å². The van der Waals surface area contributed by atoms with Crippen molar-refractivity contribution in [2.75, 3.05) is 46.2 Å². The Kier molecular flexibility index (Phi) is 34.7. The highest BCUT2D eigenvalue weighted by molar-refractivity contribution is 5.67. The van der Waals surface area contributed by atoms with Gasteiger partial charge in [0, 0.05) is 26.4 Å². The molecule has 276 valence electrons. The summed E-state index contributed by atoms with van der Waals surface area (Å²) in [6.45, 7) is 11.2. The van der Waals surface area contributed by atoms with Crippen LogP contribution in [-0.2, 0) is 18.9 Å². The lowest BCUT2D eigenvalue weighted by atomic mass is 10.1. The van der Waals surface area contributed by atoms with Gasteiger partial charge in [0.15, 0.2) is 0 Å². The highest BCUT2D eigenvalue weighted by atomic mass is 16.6. The molecule has 0 radical (unpaired) electrons. The van der Waals surface area contributed by atoms with Crippen molar-refractivity contribution in [1.29, 1.82) is 0 Å². The topological polar surface area (TPSA) is 86.3 Å². The molecule has 0 aliphatic heterocycles. The van der Waals surface area contributed by atoms with E-state index in [1.165, 1.54) is 141 Å². The van der Waals surface area contributed by atoms with Crippen LogP contribution in [0.5, 0.6) is 0 Å². The Bertz CT molecular complexity index is 617. The molecule has 0 aromatic heterocycles. The zero-order chi connectivity index (χ0) is 33.8. The van der Waals surface area contributed by atoms with Gasteiger partial charge in [0.25, 0.3) is 0 Å². The second kappa shape index (κ2) is 35.4. The first kappa shape index (κ1) is 45.1. The number of unbranched alkanes of at least 4 members (excludes halogenated alkanes) is 22. The van der Waals surface area contributed by atoms with Crippen LogP contribution in [0, 0.1) is 0 Å². The van der Waals surface area contributed by atoms with Crippen molar-refractivity contribution in [3.63, 3.8) is 0 Å². The molecule has 2 N–H and O–H groups in total. The van der Waals surface area contributed by atoms with Crippen molar-refractivity contribution in [2.24, 2.45) is 0 Å². The number of nitrogens with one attached hydrogen (secondary N) is 1. The van der Waals surface area contributed by atoms with Gasteiger partial charge in [0.2, 0.25) is 0 Å². The number of aliphatic hydroxyl groups is 1. The molecule has 0 aliphatic carbocycles. The first-order valence-electron chi connectivity index (χ1n) is 19.8. The summed E-state index contributed by atoms with van der Waals surface area (Å²) in [4.78, 5) is 12.3. The lowest BCUT2D eigenvalue weighted by Crippen LogP contribution is -2.35. The molecule has 0 rings (SSSR count). The molecule has 0 spiro atoms. The van der Waals surface area contributed by atoms with E-state index in [1.807, 2.05) is 13.8 Å². The second-order valence-corrected chi connectivity index (χ2v) is 14.0. The van der Waals surface area contributed by atoms with Crippen LogP contribution < -0.4 is 5.32 Å². The van der Waals surface area contributed by atoms with Gasteiger partial charge in [-0.2, -0.15) is 0 Å². The van der Waals surface area contributed by atoms with Crippen LogP contribution in [-0.4, -0.2) is 69.1 Å². The highest BCUT2D eigenvalue weighted by Gasteiger charge is 2.18. The Morgan fingerprint density at radius 2 is 1.04 bits per heavy atom. The van der Waals surface area contributed by atoms with E-state index in [1.54, 1.807) is 0 Å². The summed E-state index contributed by atoms with van der Waals surface area (Å²) >= 11 is 0. The normalized spacial score (nSPS) is 12.5. The third-order valence-electron chi connectivity index (χ3n) is 8.78. The van der Waals surface area contributed by atoms with Gasteiger partial charge in [0.05, 0.1) is 18.8 Å². The summed E-state index contributed by atoms with van der Waals surface area (Å²) in [7, 11) is 0. The Morgan fingerprint density at radius 3 is 1.50 bits per heavy atom. The molecule has 0 saturated carbocycles. The van der Waals surface area contributed by atoms with Gasteiger partial charge in [-0.3, -0.25) is 0 Å². The number of rotatable bonds is 37. The van der Waals surface area contributed by atoms with Crippen molar-refractivity contribution in [2.45, 2.75) is 200 Å². The number of carbonyl (C=O) groups excluding carboxylic acids is 1. The van der Waals surface area contributed by atoms with Crippen LogP contribution in [0.25, 0.3) is 0 Å². The fourth-order valence-electron chi connectivity index (χ4n) is 5.64. The maximum absolute atomic E-state index is 12.3. The molecular weight excluding hydrogens is 578 g/mol. The largest absolute Gasteiger partial charge is 0.447 e. The number of aliphatic hydroxyl groups excluding tert-OH is 1. The van der Waals surface area contributed by atoms with Crippen molar-refractivity contribution in [1.82, 2.24) is 5.32 Å². The lowest BCUT2D eigenvalue weighted by Gasteiger charge is -2.24. The van der Waals surface area contributed by atoms with Crippen LogP contribution in [0.1, 0.15) is 188 Å². The summed E-state index contributed by atoms with van der Waals surface area (Å²) in [5, 5.41) is 11.9. The molecule has 0 aromatic rings. The molecule has 1 amide bonds. The number of hydrogen-bond donors (Lipinski definition) is 2. The Morgan fingerprint density at radius 1 is 0.609 bits per heavy atom. The lowest BCUT2D eigenvalue weighted by molar-refractivity contribution is -0.0481. The first-order valence-corrected chi connectivity index (χ1v) is 19.8. The Balaban J connectivity index is 4.12. The average molecular weight is 658 g/mol. The predicted octanol–water partition coefficient (Wildman–Crippen LogP) is 10.7. The quantitative estimate of drug-likeness (QED) is 0.0647. The zero-order valence-corrected chi connectivity index (χ0v) is 31.2. The van der Waals surface area contributed by atoms with Crippen LogP contribution >= 0.6 is 0 Å². The monoisotopic (exact) mass is 658 g/mol. The molecule has 7 heteroatoms. The second-order valence-electron chi connectivity index (χ2n) is 14.0. The molecule has 0 fully saturated rings. The van der Waals surface area contributed by atoms with Crippen molar-refractivity contribution in [3.05, 3.63) is 0 Å². The van der Waals surface area contributed by atoms with E-state index in [-0.39, 0.29) is 19.3 Å². The molecule has 7 nitrogen and oxygen atoms in total. The minimum atomic E-state index is -0.469. The van der Waals surface area contributed by atoms with Crippen molar-refractivity contribution in [3.8, 4) is 0 Å². The molecular formula is C39H79NO6. The molecule has 0 aliphatic rings. The minimum absolute atomic E-state index is 0.0739. The third kappa shape index (κ3) is 34.4. The smallest absolute Gasteiger partial charge is 0.407 e. The van der Waals surface area contributed by atoms with E-state index >= 15 is 0 Å². The van der Waals surface area contributed by atoms with Crippen molar-refractivity contribution < 1.29 is 28.8 Å². The summed E-state index contributed by atoms with van der Waals surface area (Å²) in [6.07, 6.45) is 31.5. The van der Waals surface area contributed by atoms with Gasteiger partial charge < -0.3 is 29.4 Å². The van der Waals surface area contributed by atoms with E-state index in [2.05, 4.69) is 19.2 Å². The molecule has 0 saturated heterocycles. The average Bonchev–Trinajstić information content (AvgIpc) is 3.03. The number of alkyl carbamates (subject to hydrolysis) is 1. The van der Waals surface area contributed by atoms with Gasteiger partial charge in [-0.1, -0.05) is 155 Å². The van der Waals surface area contributed by atoms with E-state index in [0.717, 1.165) is 19.4 Å². The Labute approximate surface area is 286 Å². The Hall–Kier alpha value is -0.890. The van der Waals surface area contributed by atoms with Gasteiger partial charge in [-0.25, -0.2) is 4.79 Å². The van der Waals surface area contributed by atoms with Crippen molar-refractivity contribution >= 4 is 6.09 Å². The third-order valence-corrected chi connectivity index (χ3v) is 8.78. The van der Waals surface area contributed by atoms with Gasteiger partial charge in [-0.05, 0) is 33.1 Å². The minimum Gasteiger partial charge on any atom is -0.447 e. The van der Waals surface area contributed by atoms with E-state index in [9.17, 15) is 4.79 Å². The van der Waals surface area contributed by atoms with Crippen LogP contribution in [0.15, 0.2) is 0 Å². The maximum Gasteiger partial charge on any atom is 0.407 e. The SMILES string of the molecule is CCCCCCCCCCCCCCOCC(COC(=O)NCCOC(C)(C)CCO)OCCCCCCCCCCCCCC. The van der Waals surface area contributed by atoms with E-state index < -0.39 is 11.7 Å². The molecule has 46 heavy (non-hydrogen) atoms. The van der Waals surface area contributed by atoms with Crippen LogP contribution in [0.3, 0.4) is 0 Å².